The minimum absolute atomic E-state index is 0.160. The van der Waals surface area contributed by atoms with E-state index in [4.69, 9.17) is 21.1 Å². The molecule has 5 nitrogen and oxygen atoms in total. The Morgan fingerprint density at radius 3 is 2.14 bits per heavy atom. The van der Waals surface area contributed by atoms with Gasteiger partial charge in [0.1, 0.15) is 11.5 Å². The summed E-state index contributed by atoms with van der Waals surface area (Å²) in [5, 5.41) is 0.454. The van der Waals surface area contributed by atoms with Gasteiger partial charge in [-0.3, -0.25) is 4.31 Å². The van der Waals surface area contributed by atoms with Crippen LogP contribution >= 0.6 is 11.6 Å². The average Bonchev–Trinajstić information content (AvgIpc) is 2.73. The molecule has 3 aromatic rings. The van der Waals surface area contributed by atoms with Crippen molar-refractivity contribution in [2.24, 2.45) is 0 Å². The van der Waals surface area contributed by atoms with Crippen molar-refractivity contribution in [1.82, 2.24) is 0 Å². The van der Waals surface area contributed by atoms with Gasteiger partial charge in [0.25, 0.3) is 10.0 Å². The normalized spacial score (nSPS) is 12.3. The molecule has 1 atom stereocenters. The molecule has 0 radical (unpaired) electrons. The van der Waals surface area contributed by atoms with Crippen LogP contribution in [0.1, 0.15) is 18.5 Å². The van der Waals surface area contributed by atoms with Crippen molar-refractivity contribution in [1.29, 1.82) is 0 Å². The fraction of sp³-hybridized carbons (Fsp3) is 0.182. The molecule has 0 N–H and O–H groups in total. The monoisotopic (exact) mass is 431 g/mol. The van der Waals surface area contributed by atoms with Crippen LogP contribution < -0.4 is 13.8 Å². The van der Waals surface area contributed by atoms with E-state index in [0.717, 1.165) is 5.56 Å². The molecular formula is C22H22ClNO4S. The van der Waals surface area contributed by atoms with Gasteiger partial charge in [0.2, 0.25) is 0 Å². The lowest BCUT2D eigenvalue weighted by molar-refractivity contribution is 0.414. The van der Waals surface area contributed by atoms with E-state index >= 15 is 0 Å². The first kappa shape index (κ1) is 21.0. The van der Waals surface area contributed by atoms with Gasteiger partial charge >= 0.3 is 0 Å². The first-order valence-electron chi connectivity index (χ1n) is 8.95. The molecular weight excluding hydrogens is 410 g/mol. The molecule has 0 heterocycles. The molecule has 0 saturated heterocycles. The van der Waals surface area contributed by atoms with Gasteiger partial charge in [-0.15, -0.1) is 0 Å². The van der Waals surface area contributed by atoms with Gasteiger partial charge in [-0.05, 0) is 67.1 Å². The summed E-state index contributed by atoms with van der Waals surface area (Å²) in [6, 6.07) is 20.0. The predicted octanol–water partition coefficient (Wildman–Crippen LogP) is 5.31. The Balaban J connectivity index is 2.14. The molecule has 0 fully saturated rings. The highest BCUT2D eigenvalue weighted by atomic mass is 35.5. The maximum absolute atomic E-state index is 13.6. The number of ether oxygens (including phenoxy) is 2. The zero-order valence-electron chi connectivity index (χ0n) is 16.4. The molecule has 29 heavy (non-hydrogen) atoms. The second kappa shape index (κ2) is 8.76. The van der Waals surface area contributed by atoms with Crippen LogP contribution in [-0.4, -0.2) is 22.6 Å². The quantitative estimate of drug-likeness (QED) is 0.508. The molecule has 0 aliphatic carbocycles. The fourth-order valence-electron chi connectivity index (χ4n) is 3.08. The fourth-order valence-corrected chi connectivity index (χ4v) is 4.90. The van der Waals surface area contributed by atoms with Gasteiger partial charge in [-0.25, -0.2) is 8.42 Å². The third-order valence-electron chi connectivity index (χ3n) is 4.61. The largest absolute Gasteiger partial charge is 0.497 e. The van der Waals surface area contributed by atoms with Crippen molar-refractivity contribution in [2.75, 3.05) is 18.5 Å². The second-order valence-electron chi connectivity index (χ2n) is 6.41. The van der Waals surface area contributed by atoms with Crippen molar-refractivity contribution in [3.8, 4) is 11.5 Å². The number of halogens is 1. The van der Waals surface area contributed by atoms with Crippen molar-refractivity contribution in [3.05, 3.63) is 83.4 Å². The van der Waals surface area contributed by atoms with E-state index in [9.17, 15) is 8.42 Å². The van der Waals surface area contributed by atoms with E-state index in [-0.39, 0.29) is 4.90 Å². The standard InChI is InChI=1S/C22H22ClNO4S/c1-16(17-6-4-9-21(14-17)28-3)24(19-8-5-7-18(23)15-19)29(25,26)22-12-10-20(27-2)11-13-22/h4-16H,1-3H3/t16-/m0/s1. The number of rotatable bonds is 7. The van der Waals surface area contributed by atoms with Gasteiger partial charge in [0.15, 0.2) is 0 Å². The Labute approximate surface area is 176 Å². The summed E-state index contributed by atoms with van der Waals surface area (Å²) >= 11 is 6.16. The smallest absolute Gasteiger partial charge is 0.264 e. The maximum atomic E-state index is 13.6. The maximum Gasteiger partial charge on any atom is 0.264 e. The first-order valence-corrected chi connectivity index (χ1v) is 10.8. The van der Waals surface area contributed by atoms with Crippen LogP contribution in [0.4, 0.5) is 5.69 Å². The summed E-state index contributed by atoms with van der Waals surface area (Å²) in [5.74, 6) is 1.24. The number of hydrogen-bond donors (Lipinski definition) is 0. The van der Waals surface area contributed by atoms with Gasteiger partial charge in [-0.1, -0.05) is 29.8 Å². The molecule has 0 aliphatic heterocycles. The Bertz CT molecular complexity index is 1080. The molecule has 7 heteroatoms. The van der Waals surface area contributed by atoms with E-state index in [1.807, 2.05) is 31.2 Å². The van der Waals surface area contributed by atoms with Gasteiger partial charge in [0, 0.05) is 5.02 Å². The molecule has 0 amide bonds. The SMILES string of the molecule is COc1ccc(S(=O)(=O)N(c2cccc(Cl)c2)[C@@H](C)c2cccc(OC)c2)cc1. The van der Waals surface area contributed by atoms with Crippen LogP contribution in [0, 0.1) is 0 Å². The molecule has 0 unspecified atom stereocenters. The molecule has 0 bridgehead atoms. The van der Waals surface area contributed by atoms with Crippen LogP contribution in [-0.2, 0) is 10.0 Å². The van der Waals surface area contributed by atoms with Gasteiger partial charge < -0.3 is 9.47 Å². The minimum Gasteiger partial charge on any atom is -0.497 e. The number of nitrogens with zero attached hydrogens (tertiary/aromatic N) is 1. The molecule has 0 aliphatic rings. The summed E-state index contributed by atoms with van der Waals surface area (Å²) in [4.78, 5) is 0.160. The highest BCUT2D eigenvalue weighted by Crippen LogP contribution is 2.35. The van der Waals surface area contributed by atoms with Gasteiger partial charge in [0.05, 0.1) is 30.8 Å². The van der Waals surface area contributed by atoms with Crippen molar-refractivity contribution < 1.29 is 17.9 Å². The third-order valence-corrected chi connectivity index (χ3v) is 6.75. The van der Waals surface area contributed by atoms with Crippen LogP contribution in [0.2, 0.25) is 5.02 Å². The van der Waals surface area contributed by atoms with Crippen LogP contribution in [0.3, 0.4) is 0 Å². The molecule has 3 aromatic carbocycles. The van der Waals surface area contributed by atoms with Crippen LogP contribution in [0.25, 0.3) is 0 Å². The summed E-state index contributed by atoms with van der Waals surface area (Å²) in [6.45, 7) is 1.83. The van der Waals surface area contributed by atoms with Crippen LogP contribution in [0.15, 0.2) is 77.7 Å². The van der Waals surface area contributed by atoms with Crippen molar-refractivity contribution >= 4 is 27.3 Å². The average molecular weight is 432 g/mol. The summed E-state index contributed by atoms with van der Waals surface area (Å²) in [7, 11) is -0.774. The van der Waals surface area contributed by atoms with E-state index in [1.54, 1.807) is 43.5 Å². The lowest BCUT2D eigenvalue weighted by atomic mass is 10.1. The highest BCUT2D eigenvalue weighted by Gasteiger charge is 2.31. The summed E-state index contributed by atoms with van der Waals surface area (Å²) < 4.78 is 39.1. The molecule has 0 aromatic heterocycles. The zero-order valence-corrected chi connectivity index (χ0v) is 17.9. The van der Waals surface area contributed by atoms with Crippen LogP contribution in [0.5, 0.6) is 11.5 Å². The summed E-state index contributed by atoms with van der Waals surface area (Å²) in [6.07, 6.45) is 0. The Morgan fingerprint density at radius 1 is 0.862 bits per heavy atom. The highest BCUT2D eigenvalue weighted by molar-refractivity contribution is 7.92. The number of sulfonamides is 1. The van der Waals surface area contributed by atoms with Gasteiger partial charge in [-0.2, -0.15) is 0 Å². The molecule has 0 saturated carbocycles. The first-order chi connectivity index (χ1) is 13.9. The number of methoxy groups -OCH3 is 2. The Morgan fingerprint density at radius 2 is 1.52 bits per heavy atom. The third kappa shape index (κ3) is 4.49. The number of benzene rings is 3. The topological polar surface area (TPSA) is 55.8 Å². The lowest BCUT2D eigenvalue weighted by Crippen LogP contribution is -2.33. The number of hydrogen-bond acceptors (Lipinski definition) is 4. The van der Waals surface area contributed by atoms with E-state index in [2.05, 4.69) is 0 Å². The molecule has 0 spiro atoms. The Hall–Kier alpha value is -2.70. The van der Waals surface area contributed by atoms with E-state index in [0.29, 0.717) is 22.2 Å². The van der Waals surface area contributed by atoms with Crippen molar-refractivity contribution in [3.63, 3.8) is 0 Å². The Kier molecular flexibility index (Phi) is 6.35. The molecule has 152 valence electrons. The van der Waals surface area contributed by atoms with E-state index < -0.39 is 16.1 Å². The number of anilines is 1. The van der Waals surface area contributed by atoms with Crippen molar-refractivity contribution in [2.45, 2.75) is 17.9 Å². The predicted molar refractivity (Wildman–Crippen MR) is 116 cm³/mol. The molecule has 3 rings (SSSR count). The summed E-state index contributed by atoms with van der Waals surface area (Å²) in [5.41, 5.74) is 1.27. The minimum atomic E-state index is -3.88. The second-order valence-corrected chi connectivity index (χ2v) is 8.66. The lowest BCUT2D eigenvalue weighted by Gasteiger charge is -2.31. The van der Waals surface area contributed by atoms with E-state index in [1.165, 1.54) is 23.5 Å². The zero-order chi connectivity index (χ0) is 21.0.